The van der Waals surface area contributed by atoms with Crippen LogP contribution in [0.25, 0.3) is 33.8 Å². The van der Waals surface area contributed by atoms with Crippen molar-refractivity contribution >= 4 is 20.2 Å². The van der Waals surface area contributed by atoms with Crippen molar-refractivity contribution in [1.29, 1.82) is 0 Å². The van der Waals surface area contributed by atoms with Gasteiger partial charge < -0.3 is 0 Å². The molecule has 0 spiro atoms. The molecule has 3 aromatic heterocycles. The van der Waals surface area contributed by atoms with Crippen LogP contribution in [0.1, 0.15) is 23.6 Å². The Bertz CT molecular complexity index is 1520. The van der Waals surface area contributed by atoms with Gasteiger partial charge in [-0.3, -0.25) is 0 Å². The molecule has 0 aliphatic heterocycles. The zero-order valence-electron chi connectivity index (χ0n) is 23.2. The van der Waals surface area contributed by atoms with Gasteiger partial charge in [0.25, 0.3) is 0 Å². The second-order valence-electron chi connectivity index (χ2n) is 10.1. The summed E-state index contributed by atoms with van der Waals surface area (Å²) in [7, 11) is 9.59. The molecule has 0 aliphatic rings. The van der Waals surface area contributed by atoms with Crippen LogP contribution in [0.5, 0.6) is 0 Å². The molecule has 9 heteroatoms. The van der Waals surface area contributed by atoms with Crippen LogP contribution < -0.4 is 0 Å². The predicted octanol–water partition coefficient (Wildman–Crippen LogP) is 8.31. The Morgan fingerprint density at radius 3 is 0.976 bits per heavy atom. The molecular formula is C32H30Cl2MnN6. The SMILES string of the molecule is Cc1ccc(-c2ccn(C(C)(n3ccc(-c4ccc(C)cc4)n3)n3ccc(-c4ccc(C)cc4)n3)n2)cc1.[Cl][Mn][Cl]. The summed E-state index contributed by atoms with van der Waals surface area (Å²) in [6, 6.07) is 31.4. The van der Waals surface area contributed by atoms with Crippen molar-refractivity contribution < 1.29 is 13.1 Å². The molecular weight excluding hydrogens is 594 g/mol. The maximum atomic E-state index is 5.02. The molecule has 0 saturated carbocycles. The quantitative estimate of drug-likeness (QED) is 0.175. The van der Waals surface area contributed by atoms with E-state index < -0.39 is 5.79 Å². The van der Waals surface area contributed by atoms with Gasteiger partial charge in [0.15, 0.2) is 0 Å². The number of halogens is 2. The Morgan fingerprint density at radius 2 is 0.732 bits per heavy atom. The zero-order valence-corrected chi connectivity index (χ0v) is 25.9. The van der Waals surface area contributed by atoms with E-state index in [1.807, 2.05) is 50.8 Å². The van der Waals surface area contributed by atoms with E-state index in [9.17, 15) is 0 Å². The first-order chi connectivity index (χ1) is 19.8. The summed E-state index contributed by atoms with van der Waals surface area (Å²) in [5.41, 5.74) is 9.55. The fraction of sp³-hybridized carbons (Fsp3) is 0.156. The van der Waals surface area contributed by atoms with Gasteiger partial charge in [0, 0.05) is 42.2 Å². The number of aromatic nitrogens is 6. The van der Waals surface area contributed by atoms with Crippen molar-refractivity contribution in [3.8, 4) is 33.8 Å². The van der Waals surface area contributed by atoms with Crippen molar-refractivity contribution in [1.82, 2.24) is 29.3 Å². The van der Waals surface area contributed by atoms with Gasteiger partial charge in [-0.25, -0.2) is 14.0 Å². The molecule has 6 rings (SSSR count). The third kappa shape index (κ3) is 6.19. The molecule has 0 atom stereocenters. The van der Waals surface area contributed by atoms with E-state index in [1.165, 1.54) is 16.7 Å². The number of hydrogen-bond donors (Lipinski definition) is 0. The molecule has 0 fully saturated rings. The minimum absolute atomic E-state index is 0.00694. The van der Waals surface area contributed by atoms with Gasteiger partial charge in [-0.1, -0.05) is 89.5 Å². The predicted molar refractivity (Wildman–Crippen MR) is 163 cm³/mol. The Kier molecular flexibility index (Phi) is 8.81. The van der Waals surface area contributed by atoms with Gasteiger partial charge in [0.05, 0.1) is 17.1 Å². The Balaban J connectivity index is 0.00000108. The summed E-state index contributed by atoms with van der Waals surface area (Å²) in [6.45, 7) is 8.35. The Morgan fingerprint density at radius 1 is 0.488 bits per heavy atom. The van der Waals surface area contributed by atoms with Gasteiger partial charge in [-0.15, -0.1) is 0 Å². The number of nitrogens with zero attached hydrogens (tertiary/aromatic N) is 6. The average Bonchev–Trinajstić information content (AvgIpc) is 3.76. The van der Waals surface area contributed by atoms with Gasteiger partial charge >= 0.3 is 33.3 Å². The minimum atomic E-state index is -0.866. The van der Waals surface area contributed by atoms with E-state index in [-0.39, 0.29) is 13.1 Å². The summed E-state index contributed by atoms with van der Waals surface area (Å²) in [6.07, 6.45) is 5.99. The molecule has 41 heavy (non-hydrogen) atoms. The van der Waals surface area contributed by atoms with Gasteiger partial charge in [0.2, 0.25) is 5.79 Å². The first-order valence-electron chi connectivity index (χ1n) is 13.1. The van der Waals surface area contributed by atoms with Gasteiger partial charge in [0.1, 0.15) is 0 Å². The van der Waals surface area contributed by atoms with Crippen LogP contribution in [-0.4, -0.2) is 29.3 Å². The van der Waals surface area contributed by atoms with Crippen LogP contribution in [0.4, 0.5) is 0 Å². The molecule has 3 aromatic carbocycles. The van der Waals surface area contributed by atoms with Crippen molar-refractivity contribution in [2.45, 2.75) is 33.5 Å². The van der Waals surface area contributed by atoms with E-state index in [2.05, 4.69) is 100 Å². The monoisotopic (exact) mass is 623 g/mol. The molecule has 6 aromatic rings. The fourth-order valence-corrected chi connectivity index (χ4v) is 4.63. The number of benzene rings is 3. The molecule has 0 radical (unpaired) electrons. The van der Waals surface area contributed by atoms with Crippen molar-refractivity contribution in [3.63, 3.8) is 0 Å². The summed E-state index contributed by atoms with van der Waals surface area (Å²) >= 11 is 0.00694. The number of hydrogen-bond acceptors (Lipinski definition) is 3. The standard InChI is InChI=1S/C32H30N6.2ClH.Mn/c1-23-5-11-26(12-6-23)29-17-20-36(33-29)32(4,37-21-18-30(34-37)27-13-7-24(2)8-14-27)38-22-19-31(35-38)28-15-9-25(3)10-16-28;;;/h5-22H,1-4H3;2*1H;/q;;;+2/p-2. The third-order valence-corrected chi connectivity index (χ3v) is 7.11. The average molecular weight is 624 g/mol. The molecule has 209 valence electrons. The second kappa shape index (κ2) is 12.5. The summed E-state index contributed by atoms with van der Waals surface area (Å²) in [5.74, 6) is -0.866. The van der Waals surface area contributed by atoms with E-state index in [0.29, 0.717) is 0 Å². The number of aryl methyl sites for hydroxylation is 3. The van der Waals surface area contributed by atoms with E-state index in [0.717, 1.165) is 33.8 Å². The Labute approximate surface area is 255 Å². The first-order valence-corrected chi connectivity index (χ1v) is 16.3. The summed E-state index contributed by atoms with van der Waals surface area (Å²) < 4.78 is 5.79. The fourth-order valence-electron chi connectivity index (χ4n) is 4.63. The molecule has 0 saturated heterocycles. The van der Waals surface area contributed by atoms with Crippen LogP contribution in [0.3, 0.4) is 0 Å². The number of rotatable bonds is 6. The van der Waals surface area contributed by atoms with Crippen LogP contribution >= 0.6 is 20.2 Å². The Hall–Kier alpha value is -3.61. The first kappa shape index (κ1) is 28.9. The molecule has 0 amide bonds. The second-order valence-corrected chi connectivity index (χ2v) is 12.0. The van der Waals surface area contributed by atoms with Crippen LogP contribution in [0.2, 0.25) is 0 Å². The molecule has 0 aliphatic carbocycles. The van der Waals surface area contributed by atoms with Crippen molar-refractivity contribution in [2.75, 3.05) is 0 Å². The van der Waals surface area contributed by atoms with Crippen LogP contribution in [0, 0.1) is 20.8 Å². The summed E-state index contributed by atoms with van der Waals surface area (Å²) in [5, 5.41) is 15.1. The molecule has 3 heterocycles. The van der Waals surface area contributed by atoms with Crippen LogP contribution in [0.15, 0.2) is 110 Å². The topological polar surface area (TPSA) is 53.5 Å². The van der Waals surface area contributed by atoms with Crippen molar-refractivity contribution in [3.05, 3.63) is 126 Å². The third-order valence-electron chi connectivity index (χ3n) is 7.11. The van der Waals surface area contributed by atoms with E-state index in [4.69, 9.17) is 35.5 Å². The van der Waals surface area contributed by atoms with Gasteiger partial charge in [-0.05, 0) is 39.0 Å². The van der Waals surface area contributed by atoms with Gasteiger partial charge in [-0.2, -0.15) is 15.3 Å². The normalized spacial score (nSPS) is 11.3. The molecule has 0 bridgehead atoms. The van der Waals surface area contributed by atoms with Crippen LogP contribution in [-0.2, 0) is 18.9 Å². The molecule has 6 nitrogen and oxygen atoms in total. The molecule has 0 unspecified atom stereocenters. The van der Waals surface area contributed by atoms with Crippen molar-refractivity contribution in [2.24, 2.45) is 0 Å². The van der Waals surface area contributed by atoms with E-state index in [1.54, 1.807) is 0 Å². The molecule has 0 N–H and O–H groups in total. The maximum absolute atomic E-state index is 5.02. The summed E-state index contributed by atoms with van der Waals surface area (Å²) in [4.78, 5) is 0. The van der Waals surface area contributed by atoms with E-state index >= 15 is 0 Å². The zero-order chi connectivity index (χ0) is 29.0.